The van der Waals surface area contributed by atoms with Crippen LogP contribution in [0.2, 0.25) is 0 Å². The second-order valence-electron chi connectivity index (χ2n) is 8.21. The molecule has 0 radical (unpaired) electrons. The van der Waals surface area contributed by atoms with E-state index >= 15 is 0 Å². The summed E-state index contributed by atoms with van der Waals surface area (Å²) >= 11 is 0. The lowest BCUT2D eigenvalue weighted by Gasteiger charge is -2.24. The van der Waals surface area contributed by atoms with Gasteiger partial charge in [-0.1, -0.05) is 43.2 Å². The van der Waals surface area contributed by atoms with Gasteiger partial charge in [-0.05, 0) is 61.8 Å². The molecule has 0 spiro atoms. The van der Waals surface area contributed by atoms with E-state index in [1.807, 2.05) is 37.4 Å². The van der Waals surface area contributed by atoms with E-state index in [1.54, 1.807) is 24.3 Å². The van der Waals surface area contributed by atoms with Crippen LogP contribution in [0.15, 0.2) is 54.6 Å². The molecule has 174 valence electrons. The lowest BCUT2D eigenvalue weighted by Crippen LogP contribution is -2.44. The molecule has 1 aliphatic heterocycles. The number of hydrogen-bond acceptors (Lipinski definition) is 5. The predicted octanol–water partition coefficient (Wildman–Crippen LogP) is 3.62. The van der Waals surface area contributed by atoms with Gasteiger partial charge in [-0.2, -0.15) is 0 Å². The van der Waals surface area contributed by atoms with E-state index in [0.717, 1.165) is 37.8 Å². The number of rotatable bonds is 7. The molecule has 0 aromatic heterocycles. The SMILES string of the molecule is COC(=O)c1cc(CNC(=O)[C@H]2CCCCCN2C)cc(NC(=O)/C=C/c2ccccc2)c1. The maximum absolute atomic E-state index is 12.8. The van der Waals surface area contributed by atoms with Gasteiger partial charge in [-0.25, -0.2) is 4.79 Å². The molecule has 0 bridgehead atoms. The predicted molar refractivity (Wildman–Crippen MR) is 129 cm³/mol. The lowest BCUT2D eigenvalue weighted by atomic mass is 10.1. The van der Waals surface area contributed by atoms with Gasteiger partial charge in [0.1, 0.15) is 0 Å². The molecule has 3 rings (SSSR count). The molecule has 1 heterocycles. The number of hydrogen-bond donors (Lipinski definition) is 2. The highest BCUT2D eigenvalue weighted by molar-refractivity contribution is 6.02. The molecule has 7 nitrogen and oxygen atoms in total. The first kappa shape index (κ1) is 24.2. The van der Waals surface area contributed by atoms with E-state index in [0.29, 0.717) is 16.8 Å². The summed E-state index contributed by atoms with van der Waals surface area (Å²) in [4.78, 5) is 39.4. The lowest BCUT2D eigenvalue weighted by molar-refractivity contribution is -0.126. The van der Waals surface area contributed by atoms with Crippen LogP contribution in [0.5, 0.6) is 0 Å². The number of amides is 2. The summed E-state index contributed by atoms with van der Waals surface area (Å²) in [5, 5.41) is 5.76. The Kier molecular flexibility index (Phi) is 8.78. The zero-order valence-corrected chi connectivity index (χ0v) is 19.2. The van der Waals surface area contributed by atoms with Crippen LogP contribution >= 0.6 is 0 Å². The van der Waals surface area contributed by atoms with Crippen molar-refractivity contribution in [2.45, 2.75) is 38.3 Å². The molecule has 2 aromatic rings. The fourth-order valence-electron chi connectivity index (χ4n) is 3.91. The second kappa shape index (κ2) is 12.0. The Morgan fingerprint density at radius 1 is 1.09 bits per heavy atom. The first-order chi connectivity index (χ1) is 16.0. The Labute approximate surface area is 194 Å². The summed E-state index contributed by atoms with van der Waals surface area (Å²) in [6.45, 7) is 1.15. The molecule has 2 N–H and O–H groups in total. The molecule has 2 aromatic carbocycles. The van der Waals surface area contributed by atoms with Crippen LogP contribution in [0.25, 0.3) is 6.08 Å². The molecule has 1 saturated heterocycles. The van der Waals surface area contributed by atoms with Gasteiger partial charge in [0, 0.05) is 18.3 Å². The van der Waals surface area contributed by atoms with Crippen molar-refractivity contribution in [1.29, 1.82) is 0 Å². The number of nitrogens with zero attached hydrogens (tertiary/aromatic N) is 1. The molecular formula is C26H31N3O4. The summed E-state index contributed by atoms with van der Waals surface area (Å²) in [6, 6.07) is 14.3. The standard InChI is InChI=1S/C26H31N3O4/c1-29-14-8-4-7-11-23(29)25(31)27-18-20-15-21(26(32)33-2)17-22(16-20)28-24(30)13-12-19-9-5-3-6-10-19/h3,5-6,9-10,12-13,15-17,23H,4,7-8,11,14,18H2,1-2H3,(H,27,31)(H,28,30)/b13-12+/t23-/m1/s1. The summed E-state index contributed by atoms with van der Waals surface area (Å²) in [6.07, 6.45) is 7.25. The van der Waals surface area contributed by atoms with Crippen molar-refractivity contribution in [2.24, 2.45) is 0 Å². The van der Waals surface area contributed by atoms with Gasteiger partial charge >= 0.3 is 5.97 Å². The molecule has 0 aliphatic carbocycles. The molecule has 0 unspecified atom stereocenters. The van der Waals surface area contributed by atoms with Crippen molar-refractivity contribution in [2.75, 3.05) is 26.0 Å². The zero-order chi connectivity index (χ0) is 23.6. The van der Waals surface area contributed by atoms with E-state index in [2.05, 4.69) is 15.5 Å². The van der Waals surface area contributed by atoms with Crippen LogP contribution in [-0.2, 0) is 20.9 Å². The third-order valence-electron chi connectivity index (χ3n) is 5.70. The summed E-state index contributed by atoms with van der Waals surface area (Å²) in [5.74, 6) is -0.864. The van der Waals surface area contributed by atoms with Crippen LogP contribution in [-0.4, -0.2) is 49.4 Å². The smallest absolute Gasteiger partial charge is 0.337 e. The first-order valence-corrected chi connectivity index (χ1v) is 11.2. The van der Waals surface area contributed by atoms with Crippen molar-refractivity contribution in [3.8, 4) is 0 Å². The second-order valence-corrected chi connectivity index (χ2v) is 8.21. The molecule has 33 heavy (non-hydrogen) atoms. The molecular weight excluding hydrogens is 418 g/mol. The fraction of sp³-hybridized carbons (Fsp3) is 0.346. The fourth-order valence-corrected chi connectivity index (χ4v) is 3.91. The van der Waals surface area contributed by atoms with Gasteiger partial charge in [-0.3, -0.25) is 14.5 Å². The Morgan fingerprint density at radius 2 is 1.88 bits per heavy atom. The number of carbonyl (C=O) groups excluding carboxylic acids is 3. The van der Waals surface area contributed by atoms with Gasteiger partial charge in [0.25, 0.3) is 0 Å². The topological polar surface area (TPSA) is 87.7 Å². The number of methoxy groups -OCH3 is 1. The maximum atomic E-state index is 12.8. The van der Waals surface area contributed by atoms with Crippen molar-refractivity contribution < 1.29 is 19.1 Å². The number of anilines is 1. The number of carbonyl (C=O) groups is 3. The zero-order valence-electron chi connectivity index (χ0n) is 19.2. The summed E-state index contributed by atoms with van der Waals surface area (Å²) in [7, 11) is 3.28. The highest BCUT2D eigenvalue weighted by Gasteiger charge is 2.24. The largest absolute Gasteiger partial charge is 0.465 e. The first-order valence-electron chi connectivity index (χ1n) is 11.2. The quantitative estimate of drug-likeness (QED) is 0.498. The minimum atomic E-state index is -0.512. The van der Waals surface area contributed by atoms with Gasteiger partial charge in [0.15, 0.2) is 0 Å². The minimum Gasteiger partial charge on any atom is -0.465 e. The Bertz CT molecular complexity index is 1000. The number of benzene rings is 2. The van der Waals surface area contributed by atoms with E-state index < -0.39 is 5.97 Å². The third kappa shape index (κ3) is 7.29. The Hall–Kier alpha value is -3.45. The molecule has 2 amide bonds. The molecule has 1 aliphatic rings. The highest BCUT2D eigenvalue weighted by atomic mass is 16.5. The monoisotopic (exact) mass is 449 g/mol. The van der Waals surface area contributed by atoms with E-state index in [9.17, 15) is 14.4 Å². The normalized spacial score (nSPS) is 16.7. The summed E-state index contributed by atoms with van der Waals surface area (Å²) < 4.78 is 4.85. The number of esters is 1. The number of likely N-dealkylation sites (N-methyl/N-ethyl adjacent to an activating group) is 1. The van der Waals surface area contributed by atoms with Crippen molar-refractivity contribution >= 4 is 29.5 Å². The molecule has 1 atom stereocenters. The van der Waals surface area contributed by atoms with E-state index in [1.165, 1.54) is 13.2 Å². The Morgan fingerprint density at radius 3 is 2.64 bits per heavy atom. The van der Waals surface area contributed by atoms with Gasteiger partial charge in [0.05, 0.1) is 18.7 Å². The average Bonchev–Trinajstić information content (AvgIpc) is 3.05. The van der Waals surface area contributed by atoms with Gasteiger partial charge < -0.3 is 15.4 Å². The highest BCUT2D eigenvalue weighted by Crippen LogP contribution is 2.18. The van der Waals surface area contributed by atoms with E-state index in [4.69, 9.17) is 4.74 Å². The van der Waals surface area contributed by atoms with Gasteiger partial charge in [-0.15, -0.1) is 0 Å². The van der Waals surface area contributed by atoms with Crippen LogP contribution in [0.4, 0.5) is 5.69 Å². The van der Waals surface area contributed by atoms with Gasteiger partial charge in [0.2, 0.25) is 11.8 Å². The molecule has 0 saturated carbocycles. The Balaban J connectivity index is 1.70. The van der Waals surface area contributed by atoms with Crippen molar-refractivity contribution in [1.82, 2.24) is 10.2 Å². The molecule has 7 heteroatoms. The maximum Gasteiger partial charge on any atom is 0.337 e. The number of nitrogens with one attached hydrogen (secondary N) is 2. The summed E-state index contributed by atoms with van der Waals surface area (Å²) in [5.41, 5.74) is 2.36. The van der Waals surface area contributed by atoms with Crippen LogP contribution in [0.3, 0.4) is 0 Å². The molecule has 1 fully saturated rings. The van der Waals surface area contributed by atoms with Crippen molar-refractivity contribution in [3.63, 3.8) is 0 Å². The van der Waals surface area contributed by atoms with Crippen molar-refractivity contribution in [3.05, 3.63) is 71.3 Å². The van der Waals surface area contributed by atoms with Crippen LogP contribution < -0.4 is 10.6 Å². The number of likely N-dealkylation sites (tertiary alicyclic amines) is 1. The average molecular weight is 450 g/mol. The number of ether oxygens (including phenoxy) is 1. The van der Waals surface area contributed by atoms with Crippen LogP contribution in [0, 0.1) is 0 Å². The van der Waals surface area contributed by atoms with E-state index in [-0.39, 0.29) is 24.4 Å². The third-order valence-corrected chi connectivity index (χ3v) is 5.70. The van der Waals surface area contributed by atoms with Crippen LogP contribution in [0.1, 0.15) is 47.2 Å². The minimum absolute atomic E-state index is 0.0285.